The van der Waals surface area contributed by atoms with E-state index >= 15 is 0 Å². The smallest absolute Gasteiger partial charge is 0.271 e. The van der Waals surface area contributed by atoms with Crippen molar-refractivity contribution >= 4 is 17.4 Å². The minimum absolute atomic E-state index is 0.0516. The third-order valence-corrected chi connectivity index (χ3v) is 2.60. The van der Waals surface area contributed by atoms with Crippen molar-refractivity contribution in [2.24, 2.45) is 0 Å². The van der Waals surface area contributed by atoms with E-state index in [0.29, 0.717) is 11.4 Å². The lowest BCUT2D eigenvalue weighted by Gasteiger charge is -2.08. The number of amides is 1. The Kier molecular flexibility index (Phi) is 4.46. The Balaban J connectivity index is 2.05. The quantitative estimate of drug-likeness (QED) is 0.896. The van der Waals surface area contributed by atoms with E-state index < -0.39 is 0 Å². The highest BCUT2D eigenvalue weighted by atomic mass is 16.1. The molecule has 21 heavy (non-hydrogen) atoms. The second-order valence-corrected chi connectivity index (χ2v) is 4.75. The van der Waals surface area contributed by atoms with Gasteiger partial charge in [0.2, 0.25) is 0 Å². The van der Waals surface area contributed by atoms with Gasteiger partial charge in [0, 0.05) is 11.7 Å². The minimum Gasteiger partial charge on any atom is -0.348 e. The number of nitriles is 1. The Morgan fingerprint density at radius 1 is 1.14 bits per heavy atom. The summed E-state index contributed by atoms with van der Waals surface area (Å²) in [5.41, 5.74) is 1.66. The second kappa shape index (κ2) is 6.48. The lowest BCUT2D eigenvalue weighted by molar-refractivity contribution is 0.0937. The predicted octanol–water partition coefficient (Wildman–Crippen LogP) is 2.23. The normalized spacial score (nSPS) is 10.0. The Hall–Kier alpha value is -2.94. The molecule has 1 aromatic carbocycles. The maximum Gasteiger partial charge on any atom is 0.271 e. The van der Waals surface area contributed by atoms with Gasteiger partial charge in [-0.1, -0.05) is 0 Å². The monoisotopic (exact) mass is 281 g/mol. The number of aromatic nitrogens is 2. The molecule has 0 saturated heterocycles. The summed E-state index contributed by atoms with van der Waals surface area (Å²) in [6, 6.07) is 12.4. The number of rotatable bonds is 4. The van der Waals surface area contributed by atoms with E-state index in [2.05, 4.69) is 26.9 Å². The summed E-state index contributed by atoms with van der Waals surface area (Å²) >= 11 is 0. The number of anilines is 2. The predicted molar refractivity (Wildman–Crippen MR) is 79.1 cm³/mol. The number of carbonyl (C=O) groups excluding carboxylic acids is 1. The van der Waals surface area contributed by atoms with Crippen LogP contribution in [-0.2, 0) is 0 Å². The van der Waals surface area contributed by atoms with Crippen LogP contribution >= 0.6 is 0 Å². The summed E-state index contributed by atoms with van der Waals surface area (Å²) in [4.78, 5) is 11.7. The van der Waals surface area contributed by atoms with Crippen LogP contribution in [0.2, 0.25) is 0 Å². The second-order valence-electron chi connectivity index (χ2n) is 4.75. The zero-order valence-electron chi connectivity index (χ0n) is 11.8. The van der Waals surface area contributed by atoms with Crippen molar-refractivity contribution in [2.75, 3.05) is 5.32 Å². The van der Waals surface area contributed by atoms with Gasteiger partial charge in [-0.3, -0.25) is 4.79 Å². The summed E-state index contributed by atoms with van der Waals surface area (Å²) in [5.74, 6) is 0.281. The molecule has 0 bridgehead atoms. The third kappa shape index (κ3) is 4.01. The number of hydrogen-bond donors (Lipinski definition) is 2. The van der Waals surface area contributed by atoms with Crippen LogP contribution in [-0.4, -0.2) is 22.1 Å². The van der Waals surface area contributed by atoms with Crippen molar-refractivity contribution in [3.05, 3.63) is 47.7 Å². The van der Waals surface area contributed by atoms with Crippen molar-refractivity contribution in [2.45, 2.75) is 19.9 Å². The summed E-state index contributed by atoms with van der Waals surface area (Å²) in [7, 11) is 0. The van der Waals surface area contributed by atoms with Gasteiger partial charge >= 0.3 is 0 Å². The standard InChI is InChI=1S/C15H15N5O/c1-10(2)17-15(21)13-7-8-14(20-19-13)18-12-5-3-11(9-16)4-6-12/h3-8,10H,1-2H3,(H,17,21)(H,18,20). The van der Waals surface area contributed by atoms with E-state index in [1.807, 2.05) is 13.8 Å². The molecular formula is C15H15N5O. The number of benzene rings is 1. The van der Waals surface area contributed by atoms with E-state index in [1.54, 1.807) is 36.4 Å². The molecule has 0 aliphatic carbocycles. The lowest BCUT2D eigenvalue weighted by Crippen LogP contribution is -2.30. The van der Waals surface area contributed by atoms with Crippen LogP contribution in [0, 0.1) is 11.3 Å². The number of nitrogens with zero attached hydrogens (tertiary/aromatic N) is 3. The van der Waals surface area contributed by atoms with Crippen LogP contribution in [0.25, 0.3) is 0 Å². The van der Waals surface area contributed by atoms with Crippen molar-refractivity contribution in [1.82, 2.24) is 15.5 Å². The van der Waals surface area contributed by atoms with Gasteiger partial charge < -0.3 is 10.6 Å². The summed E-state index contributed by atoms with van der Waals surface area (Å²) < 4.78 is 0. The molecule has 0 spiro atoms. The van der Waals surface area contributed by atoms with Gasteiger partial charge in [-0.2, -0.15) is 5.26 Å². The van der Waals surface area contributed by atoms with Crippen LogP contribution in [0.3, 0.4) is 0 Å². The highest BCUT2D eigenvalue weighted by Gasteiger charge is 2.09. The van der Waals surface area contributed by atoms with Crippen LogP contribution in [0.15, 0.2) is 36.4 Å². The molecule has 0 fully saturated rings. The first-order chi connectivity index (χ1) is 10.1. The van der Waals surface area contributed by atoms with Gasteiger partial charge in [-0.05, 0) is 50.2 Å². The number of hydrogen-bond acceptors (Lipinski definition) is 5. The fourth-order valence-corrected chi connectivity index (χ4v) is 1.63. The van der Waals surface area contributed by atoms with Crippen molar-refractivity contribution in [1.29, 1.82) is 5.26 Å². The van der Waals surface area contributed by atoms with E-state index in [9.17, 15) is 4.79 Å². The first-order valence-electron chi connectivity index (χ1n) is 6.50. The molecule has 2 rings (SSSR count). The molecule has 6 heteroatoms. The highest BCUT2D eigenvalue weighted by Crippen LogP contribution is 2.14. The summed E-state index contributed by atoms with van der Waals surface area (Å²) in [6.07, 6.45) is 0. The summed E-state index contributed by atoms with van der Waals surface area (Å²) in [5, 5.41) is 22.4. The SMILES string of the molecule is CC(C)NC(=O)c1ccc(Nc2ccc(C#N)cc2)nn1. The molecule has 2 N–H and O–H groups in total. The van der Waals surface area contributed by atoms with Gasteiger partial charge in [0.05, 0.1) is 11.6 Å². The molecule has 0 aliphatic rings. The fraction of sp³-hybridized carbons (Fsp3) is 0.200. The Bertz CT molecular complexity index is 656. The molecule has 1 amide bonds. The Morgan fingerprint density at radius 2 is 1.86 bits per heavy atom. The first-order valence-corrected chi connectivity index (χ1v) is 6.50. The van der Waals surface area contributed by atoms with Crippen LogP contribution in [0.4, 0.5) is 11.5 Å². The molecular weight excluding hydrogens is 266 g/mol. The number of nitrogens with one attached hydrogen (secondary N) is 2. The zero-order valence-corrected chi connectivity index (χ0v) is 11.8. The average Bonchev–Trinajstić information content (AvgIpc) is 2.48. The van der Waals surface area contributed by atoms with E-state index in [0.717, 1.165) is 5.69 Å². The van der Waals surface area contributed by atoms with Gasteiger partial charge in [0.15, 0.2) is 11.5 Å². The van der Waals surface area contributed by atoms with E-state index in [1.165, 1.54) is 0 Å². The molecule has 6 nitrogen and oxygen atoms in total. The van der Waals surface area contributed by atoms with Crippen LogP contribution in [0.1, 0.15) is 29.9 Å². The molecule has 1 aromatic heterocycles. The highest BCUT2D eigenvalue weighted by molar-refractivity contribution is 5.92. The van der Waals surface area contributed by atoms with Crippen molar-refractivity contribution in [3.8, 4) is 6.07 Å². The Labute approximate surface area is 122 Å². The molecule has 1 heterocycles. The van der Waals surface area contributed by atoms with E-state index in [-0.39, 0.29) is 17.6 Å². The van der Waals surface area contributed by atoms with Crippen LogP contribution in [0.5, 0.6) is 0 Å². The molecule has 0 aliphatic heterocycles. The fourth-order valence-electron chi connectivity index (χ4n) is 1.63. The van der Waals surface area contributed by atoms with Gasteiger partial charge in [-0.15, -0.1) is 10.2 Å². The Morgan fingerprint density at radius 3 is 2.38 bits per heavy atom. The molecule has 0 atom stereocenters. The van der Waals surface area contributed by atoms with E-state index in [4.69, 9.17) is 5.26 Å². The molecule has 0 unspecified atom stereocenters. The molecule has 0 saturated carbocycles. The largest absolute Gasteiger partial charge is 0.348 e. The number of carbonyl (C=O) groups is 1. The maximum atomic E-state index is 11.7. The molecule has 0 radical (unpaired) electrons. The summed E-state index contributed by atoms with van der Waals surface area (Å²) in [6.45, 7) is 3.76. The lowest BCUT2D eigenvalue weighted by atomic mass is 10.2. The third-order valence-electron chi connectivity index (χ3n) is 2.60. The zero-order chi connectivity index (χ0) is 15.2. The average molecular weight is 281 g/mol. The van der Waals surface area contributed by atoms with Crippen molar-refractivity contribution in [3.63, 3.8) is 0 Å². The van der Waals surface area contributed by atoms with Gasteiger partial charge in [-0.25, -0.2) is 0 Å². The molecule has 106 valence electrons. The van der Waals surface area contributed by atoms with Crippen LogP contribution < -0.4 is 10.6 Å². The maximum absolute atomic E-state index is 11.7. The topological polar surface area (TPSA) is 90.7 Å². The van der Waals surface area contributed by atoms with Crippen molar-refractivity contribution < 1.29 is 4.79 Å². The van der Waals surface area contributed by atoms with Gasteiger partial charge in [0.1, 0.15) is 0 Å². The molecule has 2 aromatic rings. The first kappa shape index (κ1) is 14.5. The van der Waals surface area contributed by atoms with Gasteiger partial charge in [0.25, 0.3) is 5.91 Å². The minimum atomic E-state index is -0.248.